The molecule has 11 nitrogen and oxygen atoms in total. The molecule has 5 rings (SSSR count). The molecule has 252 valence electrons. The van der Waals surface area contributed by atoms with Gasteiger partial charge in [0.25, 0.3) is 5.92 Å². The largest absolute Gasteiger partial charge is 0.471 e. The Morgan fingerprint density at radius 3 is 2.63 bits per heavy atom. The first-order chi connectivity index (χ1) is 21.9. The fourth-order valence-electron chi connectivity index (χ4n) is 6.44. The fourth-order valence-corrected chi connectivity index (χ4v) is 6.44. The van der Waals surface area contributed by atoms with Crippen LogP contribution in [0.15, 0.2) is 18.2 Å². The first-order valence-electron chi connectivity index (χ1n) is 15.8. The number of nitrogens with one attached hydrogen (secondary N) is 2. The molecule has 2 fully saturated rings. The van der Waals surface area contributed by atoms with Crippen LogP contribution in [0.5, 0.6) is 11.6 Å². The number of alkyl carbamates (subject to hydrolysis) is 1. The highest BCUT2D eigenvalue weighted by Crippen LogP contribution is 2.43. The number of amides is 3. The second-order valence-electron chi connectivity index (χ2n) is 12.1. The SMILES string of the molecule is CCC[C@@H]1[C@@H]2CN(C(=O)[C@H](CC)NC(=O)O[C@@H]3C[C@H]3CCCCC(F)(F)c3nc4ccc(OC(F)F)cc4nc3O2)[C@@H]1C(=O)NC. The summed E-state index contributed by atoms with van der Waals surface area (Å²) in [5.41, 5.74) is -0.697. The van der Waals surface area contributed by atoms with E-state index in [2.05, 4.69) is 25.3 Å². The van der Waals surface area contributed by atoms with Crippen LogP contribution in [0.1, 0.15) is 70.9 Å². The number of hydrogen-bond donors (Lipinski definition) is 2. The van der Waals surface area contributed by atoms with Crippen molar-refractivity contribution in [1.29, 1.82) is 0 Å². The smallest absolute Gasteiger partial charge is 0.408 e. The quantitative estimate of drug-likeness (QED) is 0.421. The molecule has 0 radical (unpaired) electrons. The molecule has 6 atom stereocenters. The zero-order valence-electron chi connectivity index (χ0n) is 25.9. The van der Waals surface area contributed by atoms with E-state index in [4.69, 9.17) is 9.47 Å². The van der Waals surface area contributed by atoms with Crippen molar-refractivity contribution in [3.05, 3.63) is 23.9 Å². The number of carbonyl (C=O) groups is 3. The monoisotopic (exact) mass is 653 g/mol. The molecule has 2 N–H and O–H groups in total. The Balaban J connectivity index is 1.59. The number of likely N-dealkylation sites (N-methyl/N-ethyl adjacent to an activating group) is 1. The molecular formula is C31H39F4N5O6. The summed E-state index contributed by atoms with van der Waals surface area (Å²) in [6, 6.07) is 1.58. The minimum atomic E-state index is -3.48. The van der Waals surface area contributed by atoms with Gasteiger partial charge in [-0.2, -0.15) is 17.6 Å². The lowest BCUT2D eigenvalue weighted by Crippen LogP contribution is -2.54. The molecular weight excluding hydrogens is 614 g/mol. The zero-order valence-corrected chi connectivity index (χ0v) is 25.9. The number of aromatic nitrogens is 2. The third-order valence-corrected chi connectivity index (χ3v) is 8.88. The highest BCUT2D eigenvalue weighted by molar-refractivity contribution is 5.92. The normalized spacial score (nSPS) is 28.2. The molecule has 0 spiro atoms. The maximum Gasteiger partial charge on any atom is 0.408 e. The standard InChI is InChI=1S/C31H39F4N5O6/c1-4-8-18-23-15-40(24(18)26(41)36-3)28(42)19(5-2)39-30(43)46-22-13-16(22)9-6-7-12-31(34,35)25-27(45-23)38-21-14-17(44-29(32)33)10-11-20(21)37-25/h10-11,14,16,18-19,22-24,29H,4-9,12-13,15H2,1-3H3,(H,36,41)(H,39,43)/t16-,18-,19+,22-,23+,24+/m1/s1. The van der Waals surface area contributed by atoms with Gasteiger partial charge in [0.1, 0.15) is 30.0 Å². The van der Waals surface area contributed by atoms with Gasteiger partial charge in [0.05, 0.1) is 17.6 Å². The highest BCUT2D eigenvalue weighted by atomic mass is 19.3. The van der Waals surface area contributed by atoms with Crippen LogP contribution in [0.3, 0.4) is 0 Å². The number of fused-ring (bicyclic) bond motifs is 5. The van der Waals surface area contributed by atoms with E-state index in [1.54, 1.807) is 6.92 Å². The molecule has 1 aromatic heterocycles. The number of nitrogens with zero attached hydrogens (tertiary/aromatic N) is 3. The van der Waals surface area contributed by atoms with Crippen molar-refractivity contribution in [2.45, 2.75) is 102 Å². The first-order valence-corrected chi connectivity index (χ1v) is 15.8. The van der Waals surface area contributed by atoms with E-state index in [0.29, 0.717) is 32.1 Å². The predicted octanol–water partition coefficient (Wildman–Crippen LogP) is 4.91. The molecule has 1 aromatic carbocycles. The van der Waals surface area contributed by atoms with Crippen molar-refractivity contribution in [2.75, 3.05) is 13.6 Å². The van der Waals surface area contributed by atoms with Gasteiger partial charge in [-0.3, -0.25) is 9.59 Å². The third kappa shape index (κ3) is 7.22. The Morgan fingerprint density at radius 2 is 1.93 bits per heavy atom. The molecule has 1 saturated carbocycles. The van der Waals surface area contributed by atoms with E-state index >= 15 is 8.78 Å². The summed E-state index contributed by atoms with van der Waals surface area (Å²) in [5, 5.41) is 5.22. The first kappa shape index (κ1) is 33.5. The van der Waals surface area contributed by atoms with Gasteiger partial charge in [-0.05, 0) is 50.2 Å². The van der Waals surface area contributed by atoms with Gasteiger partial charge in [0, 0.05) is 25.5 Å². The Bertz CT molecular complexity index is 1450. The fraction of sp³-hybridized carbons (Fsp3) is 0.645. The lowest BCUT2D eigenvalue weighted by Gasteiger charge is -2.29. The van der Waals surface area contributed by atoms with Gasteiger partial charge in [-0.25, -0.2) is 14.8 Å². The van der Waals surface area contributed by atoms with Gasteiger partial charge in [0.15, 0.2) is 5.69 Å². The van der Waals surface area contributed by atoms with Crippen molar-refractivity contribution >= 4 is 28.9 Å². The Kier molecular flexibility index (Phi) is 10.1. The number of ether oxygens (including phenoxy) is 3. The second-order valence-corrected chi connectivity index (χ2v) is 12.1. The summed E-state index contributed by atoms with van der Waals surface area (Å²) in [6.07, 6.45) is 0.297. The molecule has 2 aliphatic heterocycles. The summed E-state index contributed by atoms with van der Waals surface area (Å²) in [4.78, 5) is 49.7. The van der Waals surface area contributed by atoms with Gasteiger partial charge in [-0.15, -0.1) is 0 Å². The van der Waals surface area contributed by atoms with Gasteiger partial charge < -0.3 is 29.7 Å². The summed E-state index contributed by atoms with van der Waals surface area (Å²) in [6.45, 7) is 0.306. The molecule has 15 heteroatoms. The zero-order chi connectivity index (χ0) is 33.2. The maximum atomic E-state index is 16.0. The minimum absolute atomic E-state index is 0.0100. The van der Waals surface area contributed by atoms with Crippen LogP contribution in [0.4, 0.5) is 22.4 Å². The Labute approximate surface area is 263 Å². The van der Waals surface area contributed by atoms with Crippen molar-refractivity contribution in [1.82, 2.24) is 25.5 Å². The van der Waals surface area contributed by atoms with Crippen molar-refractivity contribution in [3.8, 4) is 11.6 Å². The van der Waals surface area contributed by atoms with Crippen molar-refractivity contribution < 1.29 is 46.2 Å². The molecule has 2 bridgehead atoms. The van der Waals surface area contributed by atoms with E-state index in [0.717, 1.165) is 6.07 Å². The van der Waals surface area contributed by atoms with Gasteiger partial charge in [0.2, 0.25) is 17.7 Å². The predicted molar refractivity (Wildman–Crippen MR) is 157 cm³/mol. The van der Waals surface area contributed by atoms with Gasteiger partial charge in [-0.1, -0.05) is 26.7 Å². The number of rotatable bonds is 6. The molecule has 3 heterocycles. The minimum Gasteiger partial charge on any atom is -0.471 e. The van der Waals surface area contributed by atoms with E-state index in [1.807, 2.05) is 6.92 Å². The molecule has 3 aliphatic rings. The van der Waals surface area contributed by atoms with Crippen LogP contribution < -0.4 is 20.1 Å². The van der Waals surface area contributed by atoms with E-state index in [-0.39, 0.29) is 48.2 Å². The number of carbonyl (C=O) groups excluding carboxylic acids is 3. The number of alkyl halides is 4. The van der Waals surface area contributed by atoms with Crippen LogP contribution in [-0.2, 0) is 20.2 Å². The Morgan fingerprint density at radius 1 is 1.15 bits per heavy atom. The lowest BCUT2D eigenvalue weighted by molar-refractivity contribution is -0.140. The topological polar surface area (TPSA) is 132 Å². The van der Waals surface area contributed by atoms with Crippen LogP contribution in [0.25, 0.3) is 11.0 Å². The lowest BCUT2D eigenvalue weighted by atomic mass is 9.92. The molecule has 46 heavy (non-hydrogen) atoms. The van der Waals surface area contributed by atoms with Crippen LogP contribution in [0, 0.1) is 11.8 Å². The third-order valence-electron chi connectivity index (χ3n) is 8.88. The average molecular weight is 654 g/mol. The molecule has 1 saturated heterocycles. The van der Waals surface area contributed by atoms with Crippen LogP contribution in [-0.4, -0.2) is 77.3 Å². The molecule has 2 aromatic rings. The summed E-state index contributed by atoms with van der Waals surface area (Å²) < 4.78 is 74.0. The van der Waals surface area contributed by atoms with Crippen LogP contribution in [0.2, 0.25) is 0 Å². The number of benzene rings is 1. The summed E-state index contributed by atoms with van der Waals surface area (Å²) >= 11 is 0. The summed E-state index contributed by atoms with van der Waals surface area (Å²) in [5.74, 6) is -5.87. The maximum absolute atomic E-state index is 16.0. The molecule has 1 aliphatic carbocycles. The summed E-state index contributed by atoms with van der Waals surface area (Å²) in [7, 11) is 1.43. The van der Waals surface area contributed by atoms with E-state index in [1.165, 1.54) is 24.1 Å². The Hall–Kier alpha value is -3.91. The van der Waals surface area contributed by atoms with Crippen molar-refractivity contribution in [3.63, 3.8) is 0 Å². The number of hydrogen-bond acceptors (Lipinski definition) is 8. The van der Waals surface area contributed by atoms with Crippen LogP contribution >= 0.6 is 0 Å². The molecule has 0 unspecified atom stereocenters. The van der Waals surface area contributed by atoms with E-state index < -0.39 is 72.5 Å². The highest BCUT2D eigenvalue weighted by Gasteiger charge is 2.51. The molecule has 3 amide bonds. The van der Waals surface area contributed by atoms with Crippen molar-refractivity contribution in [2.24, 2.45) is 11.8 Å². The van der Waals surface area contributed by atoms with E-state index in [9.17, 15) is 23.2 Å². The van der Waals surface area contributed by atoms with Gasteiger partial charge >= 0.3 is 12.7 Å². The average Bonchev–Trinajstić information content (AvgIpc) is 3.65. The number of halogens is 4. The second kappa shape index (κ2) is 13.8.